The third-order valence-electron chi connectivity index (χ3n) is 5.03. The van der Waals surface area contributed by atoms with Crippen molar-refractivity contribution in [3.63, 3.8) is 0 Å². The van der Waals surface area contributed by atoms with Gasteiger partial charge in [-0.05, 0) is 65.6 Å². The normalized spacial score (nSPS) is 16.8. The van der Waals surface area contributed by atoms with E-state index in [2.05, 4.69) is 24.3 Å². The van der Waals surface area contributed by atoms with Crippen LogP contribution in [0.25, 0.3) is 11.1 Å². The van der Waals surface area contributed by atoms with Crippen LogP contribution in [0, 0.1) is 6.92 Å². The predicted octanol–water partition coefficient (Wildman–Crippen LogP) is 6.35. The molecule has 1 aliphatic rings. The van der Waals surface area contributed by atoms with Crippen molar-refractivity contribution in [2.24, 2.45) is 0 Å². The van der Waals surface area contributed by atoms with Crippen LogP contribution in [0.15, 0.2) is 60.0 Å². The van der Waals surface area contributed by atoms with E-state index in [0.717, 1.165) is 46.0 Å². The number of halogens is 1. The summed E-state index contributed by atoms with van der Waals surface area (Å²) >= 11 is 7.74. The molecule has 1 atom stereocenters. The lowest BCUT2D eigenvalue weighted by molar-refractivity contribution is 0.0740. The lowest BCUT2D eigenvalue weighted by atomic mass is 9.93. The van der Waals surface area contributed by atoms with Crippen molar-refractivity contribution >= 4 is 28.8 Å². The first-order chi connectivity index (χ1) is 12.6. The summed E-state index contributed by atoms with van der Waals surface area (Å²) in [6.45, 7) is 2.82. The van der Waals surface area contributed by atoms with Crippen LogP contribution in [0.1, 0.15) is 39.7 Å². The monoisotopic (exact) mass is 381 g/mol. The van der Waals surface area contributed by atoms with Gasteiger partial charge in [-0.1, -0.05) is 48.0 Å². The summed E-state index contributed by atoms with van der Waals surface area (Å²) in [5.74, 6) is 0.154. The highest BCUT2D eigenvalue weighted by atomic mass is 35.5. The highest BCUT2D eigenvalue weighted by Gasteiger charge is 2.33. The minimum absolute atomic E-state index is 0.110. The van der Waals surface area contributed by atoms with E-state index in [1.807, 2.05) is 47.5 Å². The molecular formula is C22H20ClNOS. The summed E-state index contributed by atoms with van der Waals surface area (Å²) in [5, 5.41) is 2.72. The molecule has 132 valence electrons. The quantitative estimate of drug-likeness (QED) is 0.517. The molecule has 2 aromatic carbocycles. The molecule has 1 aliphatic heterocycles. The lowest BCUT2D eigenvalue weighted by Crippen LogP contribution is -2.30. The molecule has 4 rings (SSSR count). The van der Waals surface area contributed by atoms with Crippen molar-refractivity contribution in [2.45, 2.75) is 25.8 Å². The molecule has 0 spiro atoms. The third-order valence-corrected chi connectivity index (χ3v) is 6.26. The minimum Gasteiger partial charge on any atom is -0.331 e. The molecule has 1 amide bonds. The maximum Gasteiger partial charge on any atom is 0.264 e. The SMILES string of the molecule is Cc1ccsc1C(=O)N1CCCC1c1ccccc1-c1cccc(Cl)c1. The number of aryl methyl sites for hydroxylation is 1. The number of nitrogens with zero attached hydrogens (tertiary/aromatic N) is 1. The van der Waals surface area contributed by atoms with Gasteiger partial charge >= 0.3 is 0 Å². The van der Waals surface area contributed by atoms with Crippen LogP contribution >= 0.6 is 22.9 Å². The summed E-state index contributed by atoms with van der Waals surface area (Å²) in [6.07, 6.45) is 2.03. The number of thiophene rings is 1. The van der Waals surface area contributed by atoms with Gasteiger partial charge in [0.05, 0.1) is 10.9 Å². The van der Waals surface area contributed by atoms with Crippen LogP contribution in [0.2, 0.25) is 5.02 Å². The number of likely N-dealkylation sites (tertiary alicyclic amines) is 1. The third kappa shape index (κ3) is 3.17. The van der Waals surface area contributed by atoms with Gasteiger partial charge in [0.2, 0.25) is 0 Å². The van der Waals surface area contributed by atoms with Gasteiger partial charge in [0.25, 0.3) is 5.91 Å². The van der Waals surface area contributed by atoms with E-state index in [9.17, 15) is 4.79 Å². The number of hydrogen-bond donors (Lipinski definition) is 0. The van der Waals surface area contributed by atoms with Crippen LogP contribution in [0.5, 0.6) is 0 Å². The van der Waals surface area contributed by atoms with E-state index in [1.165, 1.54) is 16.9 Å². The lowest BCUT2D eigenvalue weighted by Gasteiger charge is -2.27. The Labute approximate surface area is 163 Å². The topological polar surface area (TPSA) is 20.3 Å². The molecule has 3 aromatic rings. The standard InChI is InChI=1S/C22H20ClNOS/c1-15-11-13-26-21(15)22(25)24-12-5-10-20(24)19-9-3-2-8-18(19)16-6-4-7-17(23)14-16/h2-4,6-9,11,13-14,20H,5,10,12H2,1H3. The van der Waals surface area contributed by atoms with Crippen molar-refractivity contribution in [3.8, 4) is 11.1 Å². The first-order valence-electron chi connectivity index (χ1n) is 8.85. The summed E-state index contributed by atoms with van der Waals surface area (Å²) in [4.78, 5) is 16.0. The Morgan fingerprint density at radius 3 is 2.77 bits per heavy atom. The Hall–Kier alpha value is -2.10. The fraction of sp³-hybridized carbons (Fsp3) is 0.227. The Balaban J connectivity index is 1.73. The first kappa shape index (κ1) is 17.3. The molecule has 2 nitrogen and oxygen atoms in total. The summed E-state index contributed by atoms with van der Waals surface area (Å²) in [7, 11) is 0. The number of benzene rings is 2. The van der Waals surface area contributed by atoms with Crippen molar-refractivity contribution in [1.82, 2.24) is 4.90 Å². The van der Waals surface area contributed by atoms with E-state index < -0.39 is 0 Å². The van der Waals surface area contributed by atoms with Crippen molar-refractivity contribution in [2.75, 3.05) is 6.54 Å². The molecule has 26 heavy (non-hydrogen) atoms. The van der Waals surface area contributed by atoms with Crippen molar-refractivity contribution < 1.29 is 4.79 Å². The van der Waals surface area contributed by atoms with Gasteiger partial charge in [0.1, 0.15) is 0 Å². The molecule has 2 heterocycles. The number of carbonyl (C=O) groups excluding carboxylic acids is 1. The van der Waals surface area contributed by atoms with E-state index in [0.29, 0.717) is 0 Å². The van der Waals surface area contributed by atoms with E-state index in [1.54, 1.807) is 0 Å². The molecular weight excluding hydrogens is 362 g/mol. The number of amides is 1. The predicted molar refractivity (Wildman–Crippen MR) is 109 cm³/mol. The zero-order valence-corrected chi connectivity index (χ0v) is 16.2. The number of rotatable bonds is 3. The average Bonchev–Trinajstić information content (AvgIpc) is 3.30. The van der Waals surface area contributed by atoms with Crippen molar-refractivity contribution in [1.29, 1.82) is 0 Å². The largest absolute Gasteiger partial charge is 0.331 e. The van der Waals surface area contributed by atoms with E-state index in [-0.39, 0.29) is 11.9 Å². The van der Waals surface area contributed by atoms with Gasteiger partial charge < -0.3 is 4.90 Å². The van der Waals surface area contributed by atoms with Crippen LogP contribution in [0.4, 0.5) is 0 Å². The highest BCUT2D eigenvalue weighted by molar-refractivity contribution is 7.12. The van der Waals surface area contributed by atoms with Crippen LogP contribution in [-0.4, -0.2) is 17.4 Å². The molecule has 1 unspecified atom stereocenters. The maximum atomic E-state index is 13.1. The summed E-state index contributed by atoms with van der Waals surface area (Å²) in [6, 6.07) is 18.4. The van der Waals surface area contributed by atoms with Gasteiger partial charge in [-0.2, -0.15) is 0 Å². The van der Waals surface area contributed by atoms with Gasteiger partial charge in [-0.25, -0.2) is 0 Å². The van der Waals surface area contributed by atoms with Gasteiger partial charge in [0.15, 0.2) is 0 Å². The fourth-order valence-electron chi connectivity index (χ4n) is 3.76. The van der Waals surface area contributed by atoms with Gasteiger partial charge in [-0.15, -0.1) is 11.3 Å². The highest BCUT2D eigenvalue weighted by Crippen LogP contribution is 2.39. The van der Waals surface area contributed by atoms with Gasteiger partial charge in [-0.3, -0.25) is 4.79 Å². The van der Waals surface area contributed by atoms with Crippen LogP contribution in [0.3, 0.4) is 0 Å². The molecule has 0 saturated carbocycles. The molecule has 0 radical (unpaired) electrons. The smallest absolute Gasteiger partial charge is 0.264 e. The Morgan fingerprint density at radius 1 is 1.15 bits per heavy atom. The second-order valence-corrected chi connectivity index (χ2v) is 8.04. The molecule has 0 aliphatic carbocycles. The number of carbonyl (C=O) groups is 1. The maximum absolute atomic E-state index is 13.1. The summed E-state index contributed by atoms with van der Waals surface area (Å²) in [5.41, 5.74) is 4.52. The Morgan fingerprint density at radius 2 is 2.00 bits per heavy atom. The second kappa shape index (κ2) is 7.26. The zero-order chi connectivity index (χ0) is 18.1. The van der Waals surface area contributed by atoms with Crippen LogP contribution in [-0.2, 0) is 0 Å². The zero-order valence-electron chi connectivity index (χ0n) is 14.6. The minimum atomic E-state index is 0.110. The molecule has 1 fully saturated rings. The Kier molecular flexibility index (Phi) is 4.84. The fourth-order valence-corrected chi connectivity index (χ4v) is 4.83. The van der Waals surface area contributed by atoms with Gasteiger partial charge in [0, 0.05) is 11.6 Å². The molecule has 0 bridgehead atoms. The molecule has 1 saturated heterocycles. The summed E-state index contributed by atoms with van der Waals surface area (Å²) < 4.78 is 0. The molecule has 4 heteroatoms. The number of hydrogen-bond acceptors (Lipinski definition) is 2. The second-order valence-electron chi connectivity index (χ2n) is 6.69. The Bertz CT molecular complexity index is 949. The van der Waals surface area contributed by atoms with E-state index in [4.69, 9.17) is 11.6 Å². The average molecular weight is 382 g/mol. The van der Waals surface area contributed by atoms with E-state index >= 15 is 0 Å². The molecule has 0 N–H and O–H groups in total. The first-order valence-corrected chi connectivity index (χ1v) is 10.1. The van der Waals surface area contributed by atoms with Crippen molar-refractivity contribution in [3.05, 3.63) is 81.0 Å². The van der Waals surface area contributed by atoms with Crippen LogP contribution < -0.4 is 0 Å². The molecule has 1 aromatic heterocycles.